The second-order valence-corrected chi connectivity index (χ2v) is 7.03. The van der Waals surface area contributed by atoms with Crippen molar-refractivity contribution in [3.05, 3.63) is 88.7 Å². The zero-order chi connectivity index (χ0) is 21.5. The smallest absolute Gasteiger partial charge is 0.174 e. The van der Waals surface area contributed by atoms with E-state index < -0.39 is 11.6 Å². The number of unbranched alkanes of at least 4 members (excludes halogenated alkanes) is 2. The van der Waals surface area contributed by atoms with Crippen molar-refractivity contribution in [3.63, 3.8) is 0 Å². The van der Waals surface area contributed by atoms with Gasteiger partial charge in [-0.3, -0.25) is 0 Å². The summed E-state index contributed by atoms with van der Waals surface area (Å²) in [6.45, 7) is 2.07. The van der Waals surface area contributed by atoms with Crippen LogP contribution < -0.4 is 4.74 Å². The quantitative estimate of drug-likeness (QED) is 0.318. The van der Waals surface area contributed by atoms with Crippen molar-refractivity contribution in [1.29, 1.82) is 0 Å². The minimum atomic E-state index is -0.909. The molecule has 0 saturated carbocycles. The van der Waals surface area contributed by atoms with Gasteiger partial charge >= 0.3 is 0 Å². The lowest BCUT2D eigenvalue weighted by Crippen LogP contribution is -1.98. The summed E-state index contributed by atoms with van der Waals surface area (Å²) in [4.78, 5) is 0. The Kier molecular flexibility index (Phi) is 7.19. The van der Waals surface area contributed by atoms with E-state index in [9.17, 15) is 13.2 Å². The van der Waals surface area contributed by atoms with Crippen LogP contribution in [0.4, 0.5) is 13.2 Å². The summed E-state index contributed by atoms with van der Waals surface area (Å²) in [5.74, 6) is 3.88. The summed E-state index contributed by atoms with van der Waals surface area (Å²) in [6.07, 6.45) is 3.36. The molecule has 0 atom stereocenters. The van der Waals surface area contributed by atoms with Crippen LogP contribution in [0.15, 0.2) is 54.6 Å². The van der Waals surface area contributed by atoms with Crippen molar-refractivity contribution in [2.45, 2.75) is 32.6 Å². The normalized spacial score (nSPS) is 10.4. The predicted octanol–water partition coefficient (Wildman–Crippen LogP) is 6.91. The molecule has 1 nitrogen and oxygen atoms in total. The van der Waals surface area contributed by atoms with Crippen molar-refractivity contribution in [3.8, 4) is 28.7 Å². The lowest BCUT2D eigenvalue weighted by atomic mass is 10.0. The highest BCUT2D eigenvalue weighted by Gasteiger charge is 2.12. The molecular formula is C26H23F3O. The largest absolute Gasteiger partial charge is 0.497 e. The molecule has 0 bridgehead atoms. The molecule has 154 valence electrons. The van der Waals surface area contributed by atoms with Crippen LogP contribution in [-0.4, -0.2) is 7.11 Å². The Labute approximate surface area is 175 Å². The monoisotopic (exact) mass is 408 g/mol. The van der Waals surface area contributed by atoms with Crippen LogP contribution in [0, 0.1) is 29.3 Å². The fourth-order valence-electron chi connectivity index (χ4n) is 3.17. The highest BCUT2D eigenvalue weighted by Crippen LogP contribution is 2.26. The van der Waals surface area contributed by atoms with Crippen molar-refractivity contribution < 1.29 is 17.9 Å². The fourth-order valence-corrected chi connectivity index (χ4v) is 3.17. The molecule has 30 heavy (non-hydrogen) atoms. The van der Waals surface area contributed by atoms with Gasteiger partial charge in [0.2, 0.25) is 0 Å². The third-order valence-electron chi connectivity index (χ3n) is 4.93. The van der Waals surface area contributed by atoms with Crippen LogP contribution in [-0.2, 0) is 6.42 Å². The molecule has 4 heteroatoms. The summed E-state index contributed by atoms with van der Waals surface area (Å²) < 4.78 is 47.8. The van der Waals surface area contributed by atoms with Crippen LogP contribution in [0.25, 0.3) is 11.1 Å². The van der Waals surface area contributed by atoms with Crippen molar-refractivity contribution >= 4 is 0 Å². The molecule has 0 unspecified atom stereocenters. The molecule has 0 aliphatic rings. The van der Waals surface area contributed by atoms with E-state index >= 15 is 0 Å². The highest BCUT2D eigenvalue weighted by atomic mass is 19.2. The molecule has 0 aliphatic heterocycles. The molecule has 3 rings (SSSR count). The summed E-state index contributed by atoms with van der Waals surface area (Å²) in [5, 5.41) is 0. The molecule has 0 N–H and O–H groups in total. The molecule has 0 spiro atoms. The molecule has 3 aromatic rings. The van der Waals surface area contributed by atoms with E-state index in [4.69, 9.17) is 4.74 Å². The van der Waals surface area contributed by atoms with Crippen molar-refractivity contribution in [1.82, 2.24) is 0 Å². The van der Waals surface area contributed by atoms with Crippen LogP contribution in [0.2, 0.25) is 0 Å². The van der Waals surface area contributed by atoms with Gasteiger partial charge in [-0.25, -0.2) is 13.2 Å². The van der Waals surface area contributed by atoms with Crippen LogP contribution >= 0.6 is 0 Å². The Morgan fingerprint density at radius 2 is 1.60 bits per heavy atom. The number of hydrogen-bond acceptors (Lipinski definition) is 1. The Morgan fingerprint density at radius 1 is 0.833 bits per heavy atom. The molecule has 0 aliphatic carbocycles. The maximum atomic E-state index is 14.3. The molecule has 3 aromatic carbocycles. The van der Waals surface area contributed by atoms with Gasteiger partial charge in [0.05, 0.1) is 12.7 Å². The molecule has 0 radical (unpaired) electrons. The minimum Gasteiger partial charge on any atom is -0.497 e. The second kappa shape index (κ2) is 10.0. The first-order valence-electron chi connectivity index (χ1n) is 9.96. The SMILES string of the molecule is CCCCCc1ccc(C#Cc2ccc(-c3ccc(OC)cc3F)cc2)c(F)c1F. The van der Waals surface area contributed by atoms with E-state index in [0.29, 0.717) is 34.4 Å². The number of hydrogen-bond donors (Lipinski definition) is 0. The Morgan fingerprint density at radius 3 is 2.27 bits per heavy atom. The fraction of sp³-hybridized carbons (Fsp3) is 0.231. The Bertz CT molecular complexity index is 1080. The number of aryl methyl sites for hydroxylation is 1. The Balaban J connectivity index is 1.78. The molecule has 0 saturated heterocycles. The highest BCUT2D eigenvalue weighted by molar-refractivity contribution is 5.66. The number of halogens is 3. The van der Waals surface area contributed by atoms with Crippen molar-refractivity contribution in [2.75, 3.05) is 7.11 Å². The lowest BCUT2D eigenvalue weighted by molar-refractivity contribution is 0.411. The molecule has 0 fully saturated rings. The first-order chi connectivity index (χ1) is 14.5. The van der Waals surface area contributed by atoms with Crippen LogP contribution in [0.3, 0.4) is 0 Å². The maximum absolute atomic E-state index is 14.3. The minimum absolute atomic E-state index is 0.0250. The van der Waals surface area contributed by atoms with E-state index in [-0.39, 0.29) is 11.4 Å². The molecule has 0 aromatic heterocycles. The molecule has 0 amide bonds. The van der Waals surface area contributed by atoms with Crippen LogP contribution in [0.5, 0.6) is 5.75 Å². The zero-order valence-electron chi connectivity index (χ0n) is 17.1. The average Bonchev–Trinajstić information content (AvgIpc) is 2.76. The first kappa shape index (κ1) is 21.5. The zero-order valence-corrected chi connectivity index (χ0v) is 17.1. The maximum Gasteiger partial charge on any atom is 0.174 e. The van der Waals surface area contributed by atoms with E-state index in [1.54, 1.807) is 42.5 Å². The van der Waals surface area contributed by atoms with Crippen molar-refractivity contribution in [2.24, 2.45) is 0 Å². The summed E-state index contributed by atoms with van der Waals surface area (Å²) >= 11 is 0. The van der Waals surface area contributed by atoms with Gasteiger partial charge in [0.25, 0.3) is 0 Å². The van der Waals surface area contributed by atoms with Gasteiger partial charge in [0.15, 0.2) is 11.6 Å². The van der Waals surface area contributed by atoms with E-state index in [1.165, 1.54) is 19.2 Å². The number of ether oxygens (including phenoxy) is 1. The number of benzene rings is 3. The summed E-state index contributed by atoms with van der Waals surface area (Å²) in [5.41, 5.74) is 2.17. The van der Waals surface area contributed by atoms with E-state index in [0.717, 1.165) is 19.3 Å². The van der Waals surface area contributed by atoms with E-state index in [2.05, 4.69) is 18.8 Å². The van der Waals surface area contributed by atoms with Gasteiger partial charge in [-0.1, -0.05) is 49.8 Å². The summed E-state index contributed by atoms with van der Waals surface area (Å²) in [6, 6.07) is 14.7. The number of methoxy groups -OCH3 is 1. The molecular weight excluding hydrogens is 385 g/mol. The van der Waals surface area contributed by atoms with Gasteiger partial charge in [0.1, 0.15) is 11.6 Å². The van der Waals surface area contributed by atoms with Crippen LogP contribution in [0.1, 0.15) is 42.9 Å². The third kappa shape index (κ3) is 5.04. The third-order valence-corrected chi connectivity index (χ3v) is 4.93. The summed E-state index contributed by atoms with van der Waals surface area (Å²) in [7, 11) is 1.48. The van der Waals surface area contributed by atoms with Gasteiger partial charge in [-0.05, 0) is 54.3 Å². The van der Waals surface area contributed by atoms with Gasteiger partial charge in [-0.15, -0.1) is 0 Å². The molecule has 0 heterocycles. The topological polar surface area (TPSA) is 9.23 Å². The standard InChI is InChI=1S/C26H23F3O/c1-3-4-5-6-20-13-14-21(26(29)25(20)28)12-9-18-7-10-19(11-8-18)23-16-15-22(30-2)17-24(23)27/h7-8,10-11,13-17H,3-6H2,1-2H3. The second-order valence-electron chi connectivity index (χ2n) is 7.03. The van der Waals surface area contributed by atoms with Gasteiger partial charge in [0, 0.05) is 17.2 Å². The van der Waals surface area contributed by atoms with Gasteiger partial charge in [-0.2, -0.15) is 0 Å². The van der Waals surface area contributed by atoms with Gasteiger partial charge < -0.3 is 4.74 Å². The average molecular weight is 408 g/mol. The first-order valence-corrected chi connectivity index (χ1v) is 9.96. The van der Waals surface area contributed by atoms with E-state index in [1.807, 2.05) is 0 Å². The lowest BCUT2D eigenvalue weighted by Gasteiger charge is -2.06. The predicted molar refractivity (Wildman–Crippen MR) is 114 cm³/mol. The number of rotatable bonds is 6. The Hall–Kier alpha value is -3.19.